The van der Waals surface area contributed by atoms with E-state index in [9.17, 15) is 9.59 Å². The molecule has 0 aromatic rings. The Kier molecular flexibility index (Phi) is 8.31. The predicted molar refractivity (Wildman–Crippen MR) is 77.2 cm³/mol. The molecule has 0 spiro atoms. The van der Waals surface area contributed by atoms with Gasteiger partial charge in [0.2, 0.25) is 0 Å². The van der Waals surface area contributed by atoms with Crippen LogP contribution in [0, 0.1) is 11.8 Å². The van der Waals surface area contributed by atoms with Crippen molar-refractivity contribution in [3.63, 3.8) is 0 Å². The van der Waals surface area contributed by atoms with Gasteiger partial charge in [-0.1, -0.05) is 39.5 Å². The van der Waals surface area contributed by atoms with Crippen molar-refractivity contribution < 1.29 is 19.1 Å². The first-order chi connectivity index (χ1) is 9.70. The van der Waals surface area contributed by atoms with E-state index in [1.165, 1.54) is 0 Å². The molecule has 0 bridgehead atoms. The molecule has 0 aliphatic heterocycles. The highest BCUT2D eigenvalue weighted by Gasteiger charge is 2.37. The van der Waals surface area contributed by atoms with E-state index in [1.807, 2.05) is 0 Å². The first-order valence-electron chi connectivity index (χ1n) is 8.04. The summed E-state index contributed by atoms with van der Waals surface area (Å²) in [5, 5.41) is 0. The molecule has 116 valence electrons. The van der Waals surface area contributed by atoms with Crippen LogP contribution < -0.4 is 0 Å². The first-order valence-corrected chi connectivity index (χ1v) is 8.04. The van der Waals surface area contributed by atoms with Crippen LogP contribution in [0.3, 0.4) is 0 Å². The van der Waals surface area contributed by atoms with Crippen molar-refractivity contribution in [3.05, 3.63) is 0 Å². The lowest BCUT2D eigenvalue weighted by Crippen LogP contribution is -2.35. The molecule has 0 aromatic heterocycles. The van der Waals surface area contributed by atoms with Gasteiger partial charge in [0.05, 0.1) is 25.0 Å². The highest BCUT2D eigenvalue weighted by Crippen LogP contribution is 2.32. The maximum absolute atomic E-state index is 12.1. The Morgan fingerprint density at radius 1 is 0.850 bits per heavy atom. The predicted octanol–water partition coefficient (Wildman–Crippen LogP) is 3.48. The molecule has 1 fully saturated rings. The van der Waals surface area contributed by atoms with E-state index < -0.39 is 0 Å². The third-order valence-electron chi connectivity index (χ3n) is 3.86. The van der Waals surface area contributed by atoms with Crippen LogP contribution in [0.4, 0.5) is 0 Å². The van der Waals surface area contributed by atoms with Crippen LogP contribution in [0.2, 0.25) is 0 Å². The minimum Gasteiger partial charge on any atom is -0.465 e. The van der Waals surface area contributed by atoms with Gasteiger partial charge in [-0.3, -0.25) is 9.59 Å². The molecule has 1 saturated carbocycles. The summed E-state index contributed by atoms with van der Waals surface area (Å²) in [5.41, 5.74) is 0. The van der Waals surface area contributed by atoms with Gasteiger partial charge >= 0.3 is 11.9 Å². The molecule has 0 radical (unpaired) electrons. The van der Waals surface area contributed by atoms with Crippen molar-refractivity contribution in [2.45, 2.75) is 65.2 Å². The molecule has 1 rings (SSSR count). The number of hydrogen-bond acceptors (Lipinski definition) is 4. The van der Waals surface area contributed by atoms with E-state index in [2.05, 4.69) is 13.8 Å². The molecule has 1 aliphatic rings. The molecule has 2 unspecified atom stereocenters. The summed E-state index contributed by atoms with van der Waals surface area (Å²) in [6.07, 6.45) is 7.24. The van der Waals surface area contributed by atoms with Gasteiger partial charge < -0.3 is 9.47 Å². The Hall–Kier alpha value is -1.06. The average molecular weight is 284 g/mol. The van der Waals surface area contributed by atoms with Crippen molar-refractivity contribution in [1.29, 1.82) is 0 Å². The second kappa shape index (κ2) is 9.78. The van der Waals surface area contributed by atoms with Crippen molar-refractivity contribution in [1.82, 2.24) is 0 Å². The van der Waals surface area contributed by atoms with Gasteiger partial charge in [-0.05, 0) is 25.7 Å². The second-order valence-electron chi connectivity index (χ2n) is 5.54. The van der Waals surface area contributed by atoms with Gasteiger partial charge in [-0.25, -0.2) is 0 Å². The molecule has 0 amide bonds. The Morgan fingerprint density at radius 3 is 1.60 bits per heavy atom. The lowest BCUT2D eigenvalue weighted by Gasteiger charge is -2.28. The summed E-state index contributed by atoms with van der Waals surface area (Å²) >= 11 is 0. The van der Waals surface area contributed by atoms with Crippen molar-refractivity contribution in [2.24, 2.45) is 11.8 Å². The number of unbranched alkanes of at least 4 members (excludes halogenated alkanes) is 2. The van der Waals surface area contributed by atoms with Gasteiger partial charge in [0.25, 0.3) is 0 Å². The SMILES string of the molecule is CCCCOC(=O)C1CCCCC1C(=O)OCCCC. The molecule has 0 heterocycles. The molecule has 1 aliphatic carbocycles. The maximum Gasteiger partial charge on any atom is 0.309 e. The zero-order valence-electron chi connectivity index (χ0n) is 12.9. The van der Waals surface area contributed by atoms with Crippen molar-refractivity contribution >= 4 is 11.9 Å². The van der Waals surface area contributed by atoms with E-state index in [0.29, 0.717) is 13.2 Å². The molecular formula is C16H28O4. The van der Waals surface area contributed by atoms with Crippen LogP contribution in [0.1, 0.15) is 65.2 Å². The standard InChI is InChI=1S/C16H28O4/c1-3-5-11-19-15(17)13-9-7-8-10-14(13)16(18)20-12-6-4-2/h13-14H,3-12H2,1-2H3. The van der Waals surface area contributed by atoms with Gasteiger partial charge in [0.1, 0.15) is 0 Å². The number of ether oxygens (including phenoxy) is 2. The van der Waals surface area contributed by atoms with Crippen LogP contribution in [0.25, 0.3) is 0 Å². The quantitative estimate of drug-likeness (QED) is 0.506. The molecular weight excluding hydrogens is 256 g/mol. The zero-order chi connectivity index (χ0) is 14.8. The lowest BCUT2D eigenvalue weighted by atomic mass is 9.79. The number of carbonyl (C=O) groups is 2. The number of carbonyl (C=O) groups excluding carboxylic acids is 2. The molecule has 4 heteroatoms. The highest BCUT2D eigenvalue weighted by molar-refractivity contribution is 5.82. The number of rotatable bonds is 8. The third kappa shape index (κ3) is 5.51. The monoisotopic (exact) mass is 284 g/mol. The Labute approximate surface area is 122 Å². The Morgan fingerprint density at radius 2 is 1.25 bits per heavy atom. The molecule has 20 heavy (non-hydrogen) atoms. The summed E-state index contributed by atoms with van der Waals surface area (Å²) in [5.74, 6) is -1.02. The number of hydrogen-bond donors (Lipinski definition) is 0. The molecule has 0 N–H and O–H groups in total. The fourth-order valence-electron chi connectivity index (χ4n) is 2.54. The number of esters is 2. The van der Waals surface area contributed by atoms with Crippen LogP contribution in [0.15, 0.2) is 0 Å². The van der Waals surface area contributed by atoms with Crippen molar-refractivity contribution in [3.8, 4) is 0 Å². The van der Waals surface area contributed by atoms with E-state index in [-0.39, 0.29) is 23.8 Å². The van der Waals surface area contributed by atoms with Crippen molar-refractivity contribution in [2.75, 3.05) is 13.2 Å². The fraction of sp³-hybridized carbons (Fsp3) is 0.875. The van der Waals surface area contributed by atoms with E-state index >= 15 is 0 Å². The van der Waals surface area contributed by atoms with Crippen LogP contribution in [-0.2, 0) is 19.1 Å². The zero-order valence-corrected chi connectivity index (χ0v) is 12.9. The summed E-state index contributed by atoms with van der Waals surface area (Å²) < 4.78 is 10.6. The van der Waals surface area contributed by atoms with Crippen LogP contribution in [-0.4, -0.2) is 25.2 Å². The summed E-state index contributed by atoms with van der Waals surface area (Å²) in [4.78, 5) is 24.2. The maximum atomic E-state index is 12.1. The highest BCUT2D eigenvalue weighted by atomic mass is 16.5. The normalized spacial score (nSPS) is 22.3. The third-order valence-corrected chi connectivity index (χ3v) is 3.86. The van der Waals surface area contributed by atoms with E-state index in [4.69, 9.17) is 9.47 Å². The minimum atomic E-state index is -0.297. The average Bonchev–Trinajstić information content (AvgIpc) is 2.47. The summed E-state index contributed by atoms with van der Waals surface area (Å²) in [6.45, 7) is 5.04. The largest absolute Gasteiger partial charge is 0.465 e. The Balaban J connectivity index is 2.48. The van der Waals surface area contributed by atoms with Gasteiger partial charge in [-0.15, -0.1) is 0 Å². The molecule has 0 saturated heterocycles. The van der Waals surface area contributed by atoms with Crippen LogP contribution >= 0.6 is 0 Å². The van der Waals surface area contributed by atoms with Gasteiger partial charge in [-0.2, -0.15) is 0 Å². The molecule has 0 aromatic carbocycles. The van der Waals surface area contributed by atoms with Gasteiger partial charge in [0.15, 0.2) is 0 Å². The van der Waals surface area contributed by atoms with E-state index in [1.54, 1.807) is 0 Å². The minimum absolute atomic E-state index is 0.212. The topological polar surface area (TPSA) is 52.6 Å². The second-order valence-corrected chi connectivity index (χ2v) is 5.54. The summed E-state index contributed by atoms with van der Waals surface area (Å²) in [6, 6.07) is 0. The smallest absolute Gasteiger partial charge is 0.309 e. The summed E-state index contributed by atoms with van der Waals surface area (Å²) in [7, 11) is 0. The fourth-order valence-corrected chi connectivity index (χ4v) is 2.54. The van der Waals surface area contributed by atoms with Crippen LogP contribution in [0.5, 0.6) is 0 Å². The molecule has 2 atom stereocenters. The molecule has 4 nitrogen and oxygen atoms in total. The van der Waals surface area contributed by atoms with Gasteiger partial charge in [0, 0.05) is 0 Å². The first kappa shape index (κ1) is 17.0. The Bertz CT molecular complexity index is 271. The lowest BCUT2D eigenvalue weighted by molar-refractivity contribution is -0.163. The van der Waals surface area contributed by atoms with E-state index in [0.717, 1.165) is 51.4 Å².